The third kappa shape index (κ3) is 2.62. The Bertz CT molecular complexity index is 511. The van der Waals surface area contributed by atoms with Crippen LogP contribution in [0.4, 0.5) is 22.0 Å². The van der Waals surface area contributed by atoms with Crippen LogP contribution in [0.3, 0.4) is 0 Å². The van der Waals surface area contributed by atoms with Gasteiger partial charge < -0.3 is 5.32 Å². The highest BCUT2D eigenvalue weighted by Crippen LogP contribution is 2.24. The lowest BCUT2D eigenvalue weighted by Crippen LogP contribution is -2.37. The number of halogens is 5. The predicted octanol–water partition coefficient (Wildman–Crippen LogP) is 3.44. The number of benzene rings is 1. The number of carbonyl (C=O) groups is 1. The Hall–Kier alpha value is -1.66. The van der Waals surface area contributed by atoms with E-state index < -0.39 is 40.6 Å². The van der Waals surface area contributed by atoms with Crippen LogP contribution in [0.15, 0.2) is 0 Å². The second-order valence-corrected chi connectivity index (χ2v) is 4.75. The monoisotopic (exact) mass is 293 g/mol. The Morgan fingerprint density at radius 3 is 1.75 bits per heavy atom. The minimum Gasteiger partial charge on any atom is -0.349 e. The van der Waals surface area contributed by atoms with Crippen LogP contribution >= 0.6 is 0 Å². The van der Waals surface area contributed by atoms with E-state index in [0.29, 0.717) is 12.8 Å². The first-order chi connectivity index (χ1) is 9.43. The molecule has 1 aliphatic carbocycles. The molecule has 0 radical (unpaired) electrons. The summed E-state index contributed by atoms with van der Waals surface area (Å²) in [6.45, 7) is 0. The standard InChI is InChI=1S/C13H12F5NO/c14-8-7(9(15)11(17)12(18)10(8)16)13(20)19-6-4-2-1-3-5-6/h6H,1-5H2,(H,19,20). The summed E-state index contributed by atoms with van der Waals surface area (Å²) in [5.74, 6) is -12.0. The van der Waals surface area contributed by atoms with Gasteiger partial charge in [-0.2, -0.15) is 0 Å². The van der Waals surface area contributed by atoms with Gasteiger partial charge in [0, 0.05) is 6.04 Å². The van der Waals surface area contributed by atoms with E-state index in [1.54, 1.807) is 0 Å². The highest BCUT2D eigenvalue weighted by molar-refractivity contribution is 5.95. The SMILES string of the molecule is O=C(NC1CCCCC1)c1c(F)c(F)c(F)c(F)c1F. The fourth-order valence-electron chi connectivity index (χ4n) is 2.31. The van der Waals surface area contributed by atoms with Crippen LogP contribution in [-0.2, 0) is 0 Å². The molecule has 1 fully saturated rings. The second-order valence-electron chi connectivity index (χ2n) is 4.75. The molecule has 7 heteroatoms. The molecule has 0 saturated heterocycles. The largest absolute Gasteiger partial charge is 0.349 e. The van der Waals surface area contributed by atoms with Gasteiger partial charge in [0.1, 0.15) is 5.56 Å². The molecule has 2 rings (SSSR count). The van der Waals surface area contributed by atoms with Crippen molar-refractivity contribution < 1.29 is 26.7 Å². The maximum absolute atomic E-state index is 13.4. The van der Waals surface area contributed by atoms with Crippen molar-refractivity contribution in [2.45, 2.75) is 38.1 Å². The van der Waals surface area contributed by atoms with Gasteiger partial charge in [-0.3, -0.25) is 4.79 Å². The highest BCUT2D eigenvalue weighted by Gasteiger charge is 2.30. The van der Waals surface area contributed by atoms with E-state index in [0.717, 1.165) is 19.3 Å². The number of hydrogen-bond donors (Lipinski definition) is 1. The molecule has 1 saturated carbocycles. The zero-order valence-electron chi connectivity index (χ0n) is 10.4. The van der Waals surface area contributed by atoms with E-state index in [9.17, 15) is 26.7 Å². The zero-order valence-corrected chi connectivity index (χ0v) is 10.4. The molecule has 0 aromatic heterocycles. The van der Waals surface area contributed by atoms with Crippen LogP contribution in [0.25, 0.3) is 0 Å². The lowest BCUT2D eigenvalue weighted by atomic mass is 9.95. The summed E-state index contributed by atoms with van der Waals surface area (Å²) in [4.78, 5) is 11.7. The number of rotatable bonds is 2. The van der Waals surface area contributed by atoms with Gasteiger partial charge in [-0.25, -0.2) is 22.0 Å². The minimum atomic E-state index is -2.27. The fraction of sp³-hybridized carbons (Fsp3) is 0.462. The van der Waals surface area contributed by atoms with Crippen LogP contribution in [0, 0.1) is 29.1 Å². The zero-order chi connectivity index (χ0) is 14.9. The molecule has 0 spiro atoms. The average Bonchev–Trinajstić information content (AvgIpc) is 2.44. The summed E-state index contributed by atoms with van der Waals surface area (Å²) in [6, 6.07) is -0.300. The third-order valence-electron chi connectivity index (χ3n) is 3.38. The van der Waals surface area contributed by atoms with E-state index >= 15 is 0 Å². The van der Waals surface area contributed by atoms with Gasteiger partial charge in [-0.05, 0) is 12.8 Å². The Balaban J connectivity index is 2.30. The van der Waals surface area contributed by atoms with Crippen molar-refractivity contribution in [3.63, 3.8) is 0 Å². The van der Waals surface area contributed by atoms with Crippen LogP contribution in [0.5, 0.6) is 0 Å². The van der Waals surface area contributed by atoms with Gasteiger partial charge in [-0.1, -0.05) is 19.3 Å². The van der Waals surface area contributed by atoms with Crippen molar-refractivity contribution in [1.82, 2.24) is 5.32 Å². The van der Waals surface area contributed by atoms with Gasteiger partial charge in [-0.15, -0.1) is 0 Å². The van der Waals surface area contributed by atoms with Gasteiger partial charge >= 0.3 is 0 Å². The van der Waals surface area contributed by atoms with Crippen LogP contribution < -0.4 is 5.32 Å². The minimum absolute atomic E-state index is 0.300. The molecule has 1 aromatic carbocycles. The summed E-state index contributed by atoms with van der Waals surface area (Å²) in [6.07, 6.45) is 3.95. The smallest absolute Gasteiger partial charge is 0.257 e. The highest BCUT2D eigenvalue weighted by atomic mass is 19.2. The molecule has 1 N–H and O–H groups in total. The van der Waals surface area contributed by atoms with Crippen molar-refractivity contribution in [3.8, 4) is 0 Å². The maximum Gasteiger partial charge on any atom is 0.257 e. The number of nitrogens with one attached hydrogen (secondary N) is 1. The molecule has 1 aliphatic rings. The number of amides is 1. The summed E-state index contributed by atoms with van der Waals surface area (Å²) in [5.41, 5.74) is -1.42. The molecule has 1 aromatic rings. The molecule has 0 atom stereocenters. The van der Waals surface area contributed by atoms with E-state index in [-0.39, 0.29) is 6.04 Å². The summed E-state index contributed by atoms with van der Waals surface area (Å²) in [7, 11) is 0. The van der Waals surface area contributed by atoms with E-state index in [1.807, 2.05) is 0 Å². The Morgan fingerprint density at radius 2 is 1.25 bits per heavy atom. The van der Waals surface area contributed by atoms with Gasteiger partial charge in [0.2, 0.25) is 5.82 Å². The van der Waals surface area contributed by atoms with Crippen molar-refractivity contribution in [2.75, 3.05) is 0 Å². The topological polar surface area (TPSA) is 29.1 Å². The molecule has 0 bridgehead atoms. The first-order valence-electron chi connectivity index (χ1n) is 6.25. The molecule has 0 unspecified atom stereocenters. The Kier molecular flexibility index (Phi) is 4.25. The maximum atomic E-state index is 13.4. The third-order valence-corrected chi connectivity index (χ3v) is 3.38. The summed E-state index contributed by atoms with van der Waals surface area (Å²) in [5, 5.41) is 2.32. The van der Waals surface area contributed by atoms with Gasteiger partial charge in [0.25, 0.3) is 5.91 Å². The van der Waals surface area contributed by atoms with Crippen LogP contribution in [0.2, 0.25) is 0 Å². The first-order valence-corrected chi connectivity index (χ1v) is 6.25. The van der Waals surface area contributed by atoms with Crippen molar-refractivity contribution in [1.29, 1.82) is 0 Å². The molecule has 0 heterocycles. The van der Waals surface area contributed by atoms with Gasteiger partial charge in [0.15, 0.2) is 23.3 Å². The van der Waals surface area contributed by atoms with E-state index in [2.05, 4.69) is 5.32 Å². The molecule has 110 valence electrons. The molecular weight excluding hydrogens is 281 g/mol. The molecule has 0 aliphatic heterocycles. The molecule has 1 amide bonds. The number of hydrogen-bond acceptors (Lipinski definition) is 1. The van der Waals surface area contributed by atoms with Gasteiger partial charge in [0.05, 0.1) is 0 Å². The lowest BCUT2D eigenvalue weighted by molar-refractivity contribution is 0.0916. The molecular formula is C13H12F5NO. The normalized spacial score (nSPS) is 16.2. The first kappa shape index (κ1) is 14.7. The molecule has 2 nitrogen and oxygen atoms in total. The number of carbonyl (C=O) groups excluding carboxylic acids is 1. The van der Waals surface area contributed by atoms with E-state index in [1.165, 1.54) is 0 Å². The summed E-state index contributed by atoms with van der Waals surface area (Å²) >= 11 is 0. The van der Waals surface area contributed by atoms with Crippen molar-refractivity contribution in [3.05, 3.63) is 34.6 Å². The van der Waals surface area contributed by atoms with Crippen LogP contribution in [0.1, 0.15) is 42.5 Å². The van der Waals surface area contributed by atoms with Crippen molar-refractivity contribution in [2.24, 2.45) is 0 Å². The second kappa shape index (κ2) is 5.76. The van der Waals surface area contributed by atoms with Crippen LogP contribution in [-0.4, -0.2) is 11.9 Å². The average molecular weight is 293 g/mol. The van der Waals surface area contributed by atoms with E-state index in [4.69, 9.17) is 0 Å². The van der Waals surface area contributed by atoms with Crippen molar-refractivity contribution >= 4 is 5.91 Å². The predicted molar refractivity (Wildman–Crippen MR) is 60.6 cm³/mol. The lowest BCUT2D eigenvalue weighted by Gasteiger charge is -2.23. The fourth-order valence-corrected chi connectivity index (χ4v) is 2.31. The summed E-state index contributed by atoms with van der Waals surface area (Å²) < 4.78 is 65.7. The molecule has 20 heavy (non-hydrogen) atoms. The Morgan fingerprint density at radius 1 is 0.800 bits per heavy atom. The quantitative estimate of drug-likeness (QED) is 0.505. The Labute approximate surface area is 112 Å².